The van der Waals surface area contributed by atoms with Crippen molar-refractivity contribution in [1.82, 2.24) is 5.32 Å². The molecule has 1 aromatic carbocycles. The van der Waals surface area contributed by atoms with Gasteiger partial charge in [-0.15, -0.1) is 0 Å². The first-order chi connectivity index (χ1) is 8.99. The largest absolute Gasteiger partial charge is 0.493 e. The van der Waals surface area contributed by atoms with Crippen molar-refractivity contribution >= 4 is 5.91 Å². The highest BCUT2D eigenvalue weighted by Gasteiger charge is 2.22. The minimum atomic E-state index is -0.590. The highest BCUT2D eigenvalue weighted by atomic mass is 19.1. The monoisotopic (exact) mass is 269 g/mol. The highest BCUT2D eigenvalue weighted by molar-refractivity contribution is 5.76. The summed E-state index contributed by atoms with van der Waals surface area (Å²) in [6.45, 7) is 3.79. The van der Waals surface area contributed by atoms with Crippen molar-refractivity contribution in [3.63, 3.8) is 0 Å². The molecule has 0 saturated heterocycles. The van der Waals surface area contributed by atoms with E-state index in [2.05, 4.69) is 5.32 Å². The maximum absolute atomic E-state index is 12.7. The van der Waals surface area contributed by atoms with E-state index in [0.717, 1.165) is 0 Å². The molecule has 2 N–H and O–H groups in total. The summed E-state index contributed by atoms with van der Waals surface area (Å²) < 4.78 is 18.0. The van der Waals surface area contributed by atoms with Gasteiger partial charge in [0.1, 0.15) is 11.6 Å². The molecule has 0 heterocycles. The van der Waals surface area contributed by atoms with E-state index in [-0.39, 0.29) is 31.4 Å². The van der Waals surface area contributed by atoms with E-state index in [1.165, 1.54) is 24.3 Å². The first kappa shape index (κ1) is 15.4. The highest BCUT2D eigenvalue weighted by Crippen LogP contribution is 2.11. The number of ether oxygens (including phenoxy) is 1. The fourth-order valence-corrected chi connectivity index (χ4v) is 1.43. The molecule has 0 saturated carbocycles. The van der Waals surface area contributed by atoms with E-state index in [4.69, 9.17) is 4.74 Å². The standard InChI is InChI=1S/C14H20FNO3/c1-3-14(2,10-17)16-13(18)8-9-19-12-6-4-11(15)5-7-12/h4-7,17H,3,8-10H2,1-2H3,(H,16,18). The van der Waals surface area contributed by atoms with E-state index < -0.39 is 5.54 Å². The Kier molecular flexibility index (Phi) is 5.76. The second-order valence-electron chi connectivity index (χ2n) is 4.67. The first-order valence-electron chi connectivity index (χ1n) is 6.29. The minimum Gasteiger partial charge on any atom is -0.493 e. The average Bonchev–Trinajstić information content (AvgIpc) is 2.41. The van der Waals surface area contributed by atoms with Gasteiger partial charge in [0.05, 0.1) is 25.2 Å². The number of benzene rings is 1. The van der Waals surface area contributed by atoms with Crippen molar-refractivity contribution in [2.45, 2.75) is 32.2 Å². The van der Waals surface area contributed by atoms with Gasteiger partial charge in [-0.1, -0.05) is 6.92 Å². The number of carbonyl (C=O) groups is 1. The van der Waals surface area contributed by atoms with Crippen LogP contribution in [0.2, 0.25) is 0 Å². The molecule has 106 valence electrons. The van der Waals surface area contributed by atoms with Gasteiger partial charge in [0.15, 0.2) is 0 Å². The Balaban J connectivity index is 2.33. The molecule has 0 aliphatic rings. The third-order valence-electron chi connectivity index (χ3n) is 2.98. The molecule has 0 aliphatic carbocycles. The van der Waals surface area contributed by atoms with Crippen molar-refractivity contribution in [3.05, 3.63) is 30.1 Å². The summed E-state index contributed by atoms with van der Waals surface area (Å²) in [5.74, 6) is 0.0156. The molecule has 0 fully saturated rings. The molecule has 0 aliphatic heterocycles. The minimum absolute atomic E-state index is 0.103. The number of rotatable bonds is 7. The van der Waals surface area contributed by atoms with Crippen LogP contribution >= 0.6 is 0 Å². The van der Waals surface area contributed by atoms with E-state index in [1.807, 2.05) is 6.92 Å². The number of aliphatic hydroxyl groups excluding tert-OH is 1. The quantitative estimate of drug-likeness (QED) is 0.794. The van der Waals surface area contributed by atoms with Gasteiger partial charge >= 0.3 is 0 Å². The molecule has 1 unspecified atom stereocenters. The molecule has 0 aromatic heterocycles. The van der Waals surface area contributed by atoms with Crippen LogP contribution in [-0.2, 0) is 4.79 Å². The zero-order valence-corrected chi connectivity index (χ0v) is 11.3. The number of halogens is 1. The Hall–Kier alpha value is -1.62. The maximum Gasteiger partial charge on any atom is 0.223 e. The van der Waals surface area contributed by atoms with E-state index in [1.54, 1.807) is 6.92 Å². The van der Waals surface area contributed by atoms with Crippen molar-refractivity contribution < 1.29 is 19.0 Å². The van der Waals surface area contributed by atoms with Crippen LogP contribution in [-0.4, -0.2) is 29.8 Å². The number of hydrogen-bond acceptors (Lipinski definition) is 3. The van der Waals surface area contributed by atoms with Crippen LogP contribution in [0.3, 0.4) is 0 Å². The van der Waals surface area contributed by atoms with Crippen LogP contribution in [0, 0.1) is 5.82 Å². The molecule has 0 spiro atoms. The fraction of sp³-hybridized carbons (Fsp3) is 0.500. The number of aliphatic hydroxyl groups is 1. The first-order valence-corrected chi connectivity index (χ1v) is 6.29. The van der Waals surface area contributed by atoms with E-state index in [9.17, 15) is 14.3 Å². The smallest absolute Gasteiger partial charge is 0.223 e. The zero-order chi connectivity index (χ0) is 14.3. The van der Waals surface area contributed by atoms with Gasteiger partial charge in [0.25, 0.3) is 0 Å². The lowest BCUT2D eigenvalue weighted by Crippen LogP contribution is -2.48. The number of carbonyl (C=O) groups excluding carboxylic acids is 1. The summed E-state index contributed by atoms with van der Waals surface area (Å²) in [5, 5.41) is 11.9. The summed E-state index contributed by atoms with van der Waals surface area (Å²) in [4.78, 5) is 11.7. The van der Waals surface area contributed by atoms with Crippen LogP contribution < -0.4 is 10.1 Å². The predicted octanol–water partition coefficient (Wildman–Crippen LogP) is 1.87. The van der Waals surface area contributed by atoms with Crippen LogP contribution in [0.4, 0.5) is 4.39 Å². The van der Waals surface area contributed by atoms with Crippen LogP contribution in [0.1, 0.15) is 26.7 Å². The molecule has 0 radical (unpaired) electrons. The van der Waals surface area contributed by atoms with Crippen molar-refractivity contribution in [2.75, 3.05) is 13.2 Å². The molecule has 4 nitrogen and oxygen atoms in total. The fourth-order valence-electron chi connectivity index (χ4n) is 1.43. The lowest BCUT2D eigenvalue weighted by atomic mass is 10.0. The van der Waals surface area contributed by atoms with Gasteiger partial charge in [-0.2, -0.15) is 0 Å². The summed E-state index contributed by atoms with van der Waals surface area (Å²) in [6.07, 6.45) is 0.834. The molecular weight excluding hydrogens is 249 g/mol. The van der Waals surface area contributed by atoms with Crippen LogP contribution in [0.15, 0.2) is 24.3 Å². The average molecular weight is 269 g/mol. The van der Waals surface area contributed by atoms with Gasteiger partial charge in [-0.25, -0.2) is 4.39 Å². The van der Waals surface area contributed by atoms with Gasteiger partial charge in [-0.3, -0.25) is 4.79 Å². The summed E-state index contributed by atoms with van der Waals surface area (Å²) in [7, 11) is 0. The summed E-state index contributed by atoms with van der Waals surface area (Å²) >= 11 is 0. The second-order valence-corrected chi connectivity index (χ2v) is 4.67. The van der Waals surface area contributed by atoms with Crippen LogP contribution in [0.5, 0.6) is 5.75 Å². The summed E-state index contributed by atoms with van der Waals surface area (Å²) in [6, 6.07) is 5.62. The Morgan fingerprint density at radius 1 is 1.42 bits per heavy atom. The molecule has 1 amide bonds. The second kappa shape index (κ2) is 7.09. The Labute approximate surface area is 112 Å². The molecule has 5 heteroatoms. The molecule has 1 aromatic rings. The van der Waals surface area contributed by atoms with Crippen LogP contribution in [0.25, 0.3) is 0 Å². The lowest BCUT2D eigenvalue weighted by molar-refractivity contribution is -0.123. The molecule has 1 rings (SSSR count). The molecular formula is C14H20FNO3. The Bertz CT molecular complexity index is 402. The number of nitrogens with one attached hydrogen (secondary N) is 1. The van der Waals surface area contributed by atoms with E-state index in [0.29, 0.717) is 12.2 Å². The van der Waals surface area contributed by atoms with Crippen molar-refractivity contribution in [1.29, 1.82) is 0 Å². The molecule has 0 bridgehead atoms. The topological polar surface area (TPSA) is 58.6 Å². The van der Waals surface area contributed by atoms with Crippen molar-refractivity contribution in [3.8, 4) is 5.75 Å². The van der Waals surface area contributed by atoms with Gasteiger partial charge in [0, 0.05) is 0 Å². The Morgan fingerprint density at radius 3 is 2.58 bits per heavy atom. The molecule has 19 heavy (non-hydrogen) atoms. The number of amides is 1. The number of hydrogen-bond donors (Lipinski definition) is 2. The third kappa shape index (κ3) is 5.26. The lowest BCUT2D eigenvalue weighted by Gasteiger charge is -2.27. The summed E-state index contributed by atoms with van der Waals surface area (Å²) in [5.41, 5.74) is -0.590. The van der Waals surface area contributed by atoms with Gasteiger partial charge in [-0.05, 0) is 37.6 Å². The normalized spacial score (nSPS) is 13.7. The predicted molar refractivity (Wildman–Crippen MR) is 70.4 cm³/mol. The van der Waals surface area contributed by atoms with Crippen molar-refractivity contribution in [2.24, 2.45) is 0 Å². The van der Waals surface area contributed by atoms with Gasteiger partial charge in [0.2, 0.25) is 5.91 Å². The zero-order valence-electron chi connectivity index (χ0n) is 11.3. The molecule has 1 atom stereocenters. The van der Waals surface area contributed by atoms with Gasteiger partial charge < -0.3 is 15.2 Å². The third-order valence-corrected chi connectivity index (χ3v) is 2.98. The van der Waals surface area contributed by atoms with E-state index >= 15 is 0 Å². The Morgan fingerprint density at radius 2 is 2.05 bits per heavy atom. The SMILES string of the molecule is CCC(C)(CO)NC(=O)CCOc1ccc(F)cc1. The maximum atomic E-state index is 12.7.